The molecule has 0 spiro atoms. The molecule has 1 saturated carbocycles. The normalized spacial score (nSPS) is 18.7. The topological polar surface area (TPSA) is 71.9 Å². The van der Waals surface area contributed by atoms with Crippen LogP contribution < -0.4 is 10.5 Å². The molecule has 96 valence electrons. The summed E-state index contributed by atoms with van der Waals surface area (Å²) in [5, 5.41) is 8.77. The Labute approximate surface area is 108 Å². The van der Waals surface area contributed by atoms with Gasteiger partial charge in [0.05, 0.1) is 5.54 Å². The minimum absolute atomic E-state index is 0.216. The molecule has 0 bridgehead atoms. The van der Waals surface area contributed by atoms with Gasteiger partial charge in [-0.3, -0.25) is 0 Å². The van der Waals surface area contributed by atoms with Gasteiger partial charge >= 0.3 is 0 Å². The van der Waals surface area contributed by atoms with Crippen molar-refractivity contribution in [2.24, 2.45) is 5.73 Å². The van der Waals surface area contributed by atoms with Crippen molar-refractivity contribution in [3.8, 4) is 11.8 Å². The van der Waals surface area contributed by atoms with Crippen LogP contribution in [0.4, 0.5) is 0 Å². The van der Waals surface area contributed by atoms with E-state index in [1.807, 2.05) is 6.07 Å². The van der Waals surface area contributed by atoms with E-state index in [2.05, 4.69) is 4.98 Å². The molecule has 0 saturated heterocycles. The van der Waals surface area contributed by atoms with Crippen molar-refractivity contribution in [1.82, 2.24) is 4.98 Å². The first-order valence-corrected chi connectivity index (χ1v) is 6.50. The minimum atomic E-state index is -0.216. The van der Waals surface area contributed by atoms with Crippen LogP contribution in [0.5, 0.6) is 5.75 Å². The Bertz CT molecular complexity index is 431. The Morgan fingerprint density at radius 2 is 2.06 bits per heavy atom. The highest BCUT2D eigenvalue weighted by Crippen LogP contribution is 2.25. The zero-order valence-electron chi connectivity index (χ0n) is 10.6. The quantitative estimate of drug-likeness (QED) is 0.830. The smallest absolute Gasteiger partial charge is 0.144 e. The van der Waals surface area contributed by atoms with Gasteiger partial charge in [-0.1, -0.05) is 25.7 Å². The first-order valence-electron chi connectivity index (χ1n) is 6.50. The lowest BCUT2D eigenvalue weighted by Gasteiger charge is -2.27. The SMILES string of the molecule is N#Cc1cc(OCC2(N)CCCCCC2)ccn1. The molecule has 1 aliphatic rings. The second-order valence-electron chi connectivity index (χ2n) is 5.05. The fourth-order valence-electron chi connectivity index (χ4n) is 2.37. The standard InChI is InChI=1S/C14H19N3O/c15-10-12-9-13(5-8-17-12)18-11-14(16)6-3-1-2-4-7-14/h5,8-9H,1-4,6-7,11,16H2. The van der Waals surface area contributed by atoms with Gasteiger partial charge in [-0.2, -0.15) is 5.26 Å². The molecular weight excluding hydrogens is 226 g/mol. The fourth-order valence-corrected chi connectivity index (χ4v) is 2.37. The van der Waals surface area contributed by atoms with Crippen LogP contribution in [0.25, 0.3) is 0 Å². The highest BCUT2D eigenvalue weighted by molar-refractivity contribution is 5.29. The fraction of sp³-hybridized carbons (Fsp3) is 0.571. The molecule has 0 amide bonds. The lowest BCUT2D eigenvalue weighted by Crippen LogP contribution is -2.45. The summed E-state index contributed by atoms with van der Waals surface area (Å²) in [5.41, 5.74) is 6.53. The number of aromatic nitrogens is 1. The van der Waals surface area contributed by atoms with Crippen LogP contribution in [0.3, 0.4) is 0 Å². The summed E-state index contributed by atoms with van der Waals surface area (Å²) in [5.74, 6) is 0.677. The Kier molecular flexibility index (Phi) is 4.16. The van der Waals surface area contributed by atoms with E-state index in [1.165, 1.54) is 25.7 Å². The van der Waals surface area contributed by atoms with Gasteiger partial charge in [0.25, 0.3) is 0 Å². The zero-order valence-corrected chi connectivity index (χ0v) is 10.6. The van der Waals surface area contributed by atoms with Gasteiger partial charge in [0, 0.05) is 12.3 Å². The van der Waals surface area contributed by atoms with Crippen molar-refractivity contribution in [3.05, 3.63) is 24.0 Å². The van der Waals surface area contributed by atoms with Crippen molar-refractivity contribution < 1.29 is 4.74 Å². The maximum atomic E-state index is 8.77. The van der Waals surface area contributed by atoms with Gasteiger partial charge in [-0.25, -0.2) is 4.98 Å². The molecule has 2 N–H and O–H groups in total. The molecule has 0 radical (unpaired) electrons. The Balaban J connectivity index is 1.95. The lowest BCUT2D eigenvalue weighted by molar-refractivity contribution is 0.199. The van der Waals surface area contributed by atoms with E-state index < -0.39 is 0 Å². The number of rotatable bonds is 3. The third-order valence-corrected chi connectivity index (χ3v) is 3.47. The first-order chi connectivity index (χ1) is 8.72. The van der Waals surface area contributed by atoms with E-state index in [-0.39, 0.29) is 5.54 Å². The summed E-state index contributed by atoms with van der Waals surface area (Å²) in [6.07, 6.45) is 8.52. The van der Waals surface area contributed by atoms with Crippen molar-refractivity contribution >= 4 is 0 Å². The molecule has 1 heterocycles. The maximum Gasteiger partial charge on any atom is 0.144 e. The van der Waals surface area contributed by atoms with Gasteiger partial charge in [-0.05, 0) is 18.9 Å². The Morgan fingerprint density at radius 1 is 1.33 bits per heavy atom. The van der Waals surface area contributed by atoms with Crippen molar-refractivity contribution in [3.63, 3.8) is 0 Å². The van der Waals surface area contributed by atoms with Crippen LogP contribution >= 0.6 is 0 Å². The predicted molar refractivity (Wildman–Crippen MR) is 69.1 cm³/mol. The highest BCUT2D eigenvalue weighted by Gasteiger charge is 2.27. The second-order valence-corrected chi connectivity index (χ2v) is 5.05. The first kappa shape index (κ1) is 12.8. The van der Waals surface area contributed by atoms with Gasteiger partial charge in [-0.15, -0.1) is 0 Å². The monoisotopic (exact) mass is 245 g/mol. The molecule has 1 aliphatic carbocycles. The summed E-state index contributed by atoms with van der Waals surface area (Å²) >= 11 is 0. The molecular formula is C14H19N3O. The van der Waals surface area contributed by atoms with Crippen LogP contribution in [0.15, 0.2) is 18.3 Å². The lowest BCUT2D eigenvalue weighted by atomic mass is 9.92. The van der Waals surface area contributed by atoms with E-state index in [0.717, 1.165) is 12.8 Å². The van der Waals surface area contributed by atoms with E-state index >= 15 is 0 Å². The highest BCUT2D eigenvalue weighted by atomic mass is 16.5. The predicted octanol–water partition coefficient (Wildman–Crippen LogP) is 2.38. The molecule has 18 heavy (non-hydrogen) atoms. The molecule has 0 unspecified atom stereocenters. The molecule has 0 atom stereocenters. The number of hydrogen-bond donors (Lipinski definition) is 1. The molecule has 4 heteroatoms. The third-order valence-electron chi connectivity index (χ3n) is 3.47. The molecule has 1 aromatic rings. The average Bonchev–Trinajstić information content (AvgIpc) is 2.62. The summed E-state index contributed by atoms with van der Waals surface area (Å²) in [6.45, 7) is 0.516. The molecule has 4 nitrogen and oxygen atoms in total. The number of nitrogens with two attached hydrogens (primary N) is 1. The molecule has 1 aromatic heterocycles. The molecule has 1 fully saturated rings. The molecule has 0 aromatic carbocycles. The van der Waals surface area contributed by atoms with E-state index in [0.29, 0.717) is 18.1 Å². The van der Waals surface area contributed by atoms with Gasteiger partial charge in [0.1, 0.15) is 24.1 Å². The van der Waals surface area contributed by atoms with E-state index in [1.54, 1.807) is 18.3 Å². The summed E-state index contributed by atoms with van der Waals surface area (Å²) in [6, 6.07) is 5.42. The maximum absolute atomic E-state index is 8.77. The summed E-state index contributed by atoms with van der Waals surface area (Å²) < 4.78 is 5.73. The van der Waals surface area contributed by atoms with Crippen molar-refractivity contribution in [2.75, 3.05) is 6.61 Å². The minimum Gasteiger partial charge on any atom is -0.492 e. The Hall–Kier alpha value is -1.60. The van der Waals surface area contributed by atoms with Crippen LogP contribution in [0.1, 0.15) is 44.2 Å². The van der Waals surface area contributed by atoms with Crippen molar-refractivity contribution in [1.29, 1.82) is 5.26 Å². The van der Waals surface area contributed by atoms with Crippen LogP contribution in [0.2, 0.25) is 0 Å². The molecule has 2 rings (SSSR count). The largest absolute Gasteiger partial charge is 0.492 e. The third kappa shape index (κ3) is 3.44. The van der Waals surface area contributed by atoms with Gasteiger partial charge < -0.3 is 10.5 Å². The van der Waals surface area contributed by atoms with Gasteiger partial charge in [0.15, 0.2) is 0 Å². The summed E-state index contributed by atoms with van der Waals surface area (Å²) in [4.78, 5) is 3.91. The zero-order chi connectivity index (χ0) is 12.8. The number of nitrogens with zero attached hydrogens (tertiary/aromatic N) is 2. The van der Waals surface area contributed by atoms with Crippen molar-refractivity contribution in [2.45, 2.75) is 44.1 Å². The Morgan fingerprint density at radius 3 is 2.72 bits per heavy atom. The average molecular weight is 245 g/mol. The van der Waals surface area contributed by atoms with Crippen LogP contribution in [-0.4, -0.2) is 17.1 Å². The summed E-state index contributed by atoms with van der Waals surface area (Å²) in [7, 11) is 0. The molecule has 0 aliphatic heterocycles. The van der Waals surface area contributed by atoms with Crippen LogP contribution in [0, 0.1) is 11.3 Å². The van der Waals surface area contributed by atoms with E-state index in [4.69, 9.17) is 15.7 Å². The van der Waals surface area contributed by atoms with E-state index in [9.17, 15) is 0 Å². The number of hydrogen-bond acceptors (Lipinski definition) is 4. The number of nitriles is 1. The van der Waals surface area contributed by atoms with Gasteiger partial charge in [0.2, 0.25) is 0 Å². The number of ether oxygens (including phenoxy) is 1. The number of pyridine rings is 1. The van der Waals surface area contributed by atoms with Crippen LogP contribution in [-0.2, 0) is 0 Å². The second kappa shape index (κ2) is 5.83.